The fourth-order valence-corrected chi connectivity index (χ4v) is 4.44. The lowest BCUT2D eigenvalue weighted by molar-refractivity contribution is 0.0529. The van der Waals surface area contributed by atoms with Gasteiger partial charge in [0.2, 0.25) is 5.95 Å². The van der Waals surface area contributed by atoms with Crippen LogP contribution in [0, 0.1) is 5.92 Å². The molecule has 3 atom stereocenters. The highest BCUT2D eigenvalue weighted by molar-refractivity contribution is 5.46. The number of hydrogen-bond donors (Lipinski definition) is 1. The molecule has 1 aromatic carbocycles. The highest BCUT2D eigenvalue weighted by atomic mass is 16.5. The molecule has 7 nitrogen and oxygen atoms in total. The van der Waals surface area contributed by atoms with Crippen molar-refractivity contribution < 1.29 is 9.47 Å². The molecule has 0 spiro atoms. The van der Waals surface area contributed by atoms with Crippen LogP contribution in [0.4, 0.5) is 11.8 Å². The summed E-state index contributed by atoms with van der Waals surface area (Å²) in [6, 6.07) is 10.00. The molecule has 2 fully saturated rings. The predicted octanol–water partition coefficient (Wildman–Crippen LogP) is 2.46. The molecule has 1 aromatic heterocycles. The zero-order chi connectivity index (χ0) is 20.4. The van der Waals surface area contributed by atoms with Crippen molar-refractivity contribution in [2.45, 2.75) is 38.8 Å². The van der Waals surface area contributed by atoms with Crippen molar-refractivity contribution in [3.63, 3.8) is 0 Å². The number of nitrogens with one attached hydrogen (secondary N) is 1. The lowest BCUT2D eigenvalue weighted by Crippen LogP contribution is -2.42. The number of nitrogens with zero attached hydrogens (tertiary/aromatic N) is 3. The largest absolute Gasteiger partial charge is 0.496 e. The van der Waals surface area contributed by atoms with Crippen LogP contribution in [-0.2, 0) is 11.2 Å². The maximum atomic E-state index is 12.4. The number of methoxy groups -OCH3 is 1. The van der Waals surface area contributed by atoms with Gasteiger partial charge >= 0.3 is 0 Å². The molecule has 2 aliphatic heterocycles. The van der Waals surface area contributed by atoms with Crippen molar-refractivity contribution in [2.75, 3.05) is 43.2 Å². The normalized spacial score (nSPS) is 24.7. The number of aromatic nitrogens is 2. The SMILES string of the molecule is COc1ccccc1C[C@H]1[C@H](C)CCN1c1nc(N2CCOC(C)C2)cc(=O)[nH]1. The van der Waals surface area contributed by atoms with Crippen molar-refractivity contribution in [3.8, 4) is 5.75 Å². The highest BCUT2D eigenvalue weighted by Crippen LogP contribution is 2.32. The molecule has 0 saturated carbocycles. The Morgan fingerprint density at radius 1 is 1.28 bits per heavy atom. The topological polar surface area (TPSA) is 70.7 Å². The van der Waals surface area contributed by atoms with Crippen LogP contribution in [0.1, 0.15) is 25.8 Å². The molecule has 29 heavy (non-hydrogen) atoms. The minimum atomic E-state index is -0.111. The van der Waals surface area contributed by atoms with E-state index < -0.39 is 0 Å². The molecule has 156 valence electrons. The standard InChI is InChI=1S/C22H30N4O3/c1-15-8-9-26(18(15)12-17-6-4-5-7-19(17)28-3)22-23-20(13-21(27)24-22)25-10-11-29-16(2)14-25/h4-7,13,15-16,18H,8-12,14H2,1-3H3,(H,23,24,27)/t15-,16?,18+/m1/s1. The van der Waals surface area contributed by atoms with Crippen molar-refractivity contribution in [1.82, 2.24) is 9.97 Å². The quantitative estimate of drug-likeness (QED) is 0.834. The van der Waals surface area contributed by atoms with Gasteiger partial charge in [0.1, 0.15) is 11.6 Å². The van der Waals surface area contributed by atoms with Gasteiger partial charge in [0.05, 0.1) is 19.8 Å². The number of anilines is 2. The Bertz CT molecular complexity index is 900. The second-order valence-corrected chi connectivity index (χ2v) is 8.10. The van der Waals surface area contributed by atoms with E-state index in [1.54, 1.807) is 13.2 Å². The summed E-state index contributed by atoms with van der Waals surface area (Å²) in [7, 11) is 1.71. The molecule has 1 unspecified atom stereocenters. The zero-order valence-corrected chi connectivity index (χ0v) is 17.4. The molecule has 7 heteroatoms. The van der Waals surface area contributed by atoms with E-state index in [1.165, 1.54) is 5.56 Å². The van der Waals surface area contributed by atoms with Gasteiger partial charge in [-0.1, -0.05) is 25.1 Å². The van der Waals surface area contributed by atoms with E-state index in [2.05, 4.69) is 27.8 Å². The average molecular weight is 399 g/mol. The Balaban J connectivity index is 1.61. The number of benzene rings is 1. The molecule has 1 N–H and O–H groups in total. The van der Waals surface area contributed by atoms with Crippen LogP contribution in [0.2, 0.25) is 0 Å². The van der Waals surface area contributed by atoms with E-state index in [-0.39, 0.29) is 17.7 Å². The molecule has 2 aliphatic rings. The number of rotatable bonds is 5. The summed E-state index contributed by atoms with van der Waals surface area (Å²) in [6.45, 7) is 7.35. The van der Waals surface area contributed by atoms with Gasteiger partial charge in [-0.2, -0.15) is 4.98 Å². The van der Waals surface area contributed by atoms with Crippen LogP contribution in [0.5, 0.6) is 5.75 Å². The molecule has 0 aliphatic carbocycles. The average Bonchev–Trinajstić information content (AvgIpc) is 3.08. The number of H-pyrrole nitrogens is 1. The highest BCUT2D eigenvalue weighted by Gasteiger charge is 2.34. The summed E-state index contributed by atoms with van der Waals surface area (Å²) < 4.78 is 11.2. The Labute approximate surface area is 171 Å². The van der Waals surface area contributed by atoms with Gasteiger partial charge in [-0.05, 0) is 37.3 Å². The van der Waals surface area contributed by atoms with Crippen molar-refractivity contribution in [2.24, 2.45) is 5.92 Å². The number of ether oxygens (including phenoxy) is 2. The van der Waals surface area contributed by atoms with Gasteiger partial charge in [-0.25, -0.2) is 0 Å². The maximum absolute atomic E-state index is 12.4. The Kier molecular flexibility index (Phi) is 5.76. The lowest BCUT2D eigenvalue weighted by Gasteiger charge is -2.33. The first-order valence-corrected chi connectivity index (χ1v) is 10.4. The van der Waals surface area contributed by atoms with Crippen molar-refractivity contribution in [3.05, 3.63) is 46.2 Å². The molecule has 3 heterocycles. The Hall–Kier alpha value is -2.54. The summed E-state index contributed by atoms with van der Waals surface area (Å²) in [6.07, 6.45) is 2.06. The number of morpholine rings is 1. The molecule has 2 aromatic rings. The summed E-state index contributed by atoms with van der Waals surface area (Å²) in [4.78, 5) is 24.7. The Morgan fingerprint density at radius 2 is 2.10 bits per heavy atom. The third-order valence-corrected chi connectivity index (χ3v) is 6.06. The molecule has 2 saturated heterocycles. The lowest BCUT2D eigenvalue weighted by atomic mass is 9.95. The smallest absolute Gasteiger partial charge is 0.254 e. The van der Waals surface area contributed by atoms with Crippen LogP contribution in [0.15, 0.2) is 35.1 Å². The van der Waals surface area contributed by atoms with E-state index in [1.807, 2.05) is 25.1 Å². The molecular weight excluding hydrogens is 368 g/mol. The molecule has 0 amide bonds. The number of hydrogen-bond acceptors (Lipinski definition) is 6. The third kappa shape index (κ3) is 4.24. The van der Waals surface area contributed by atoms with Gasteiger partial charge in [0.25, 0.3) is 5.56 Å². The second-order valence-electron chi connectivity index (χ2n) is 8.10. The molecule has 0 bridgehead atoms. The molecule has 4 rings (SSSR count). The van der Waals surface area contributed by atoms with E-state index in [9.17, 15) is 4.79 Å². The Morgan fingerprint density at radius 3 is 2.90 bits per heavy atom. The van der Waals surface area contributed by atoms with Gasteiger partial charge in [-0.3, -0.25) is 9.78 Å². The number of aromatic amines is 1. The maximum Gasteiger partial charge on any atom is 0.254 e. The van der Waals surface area contributed by atoms with Gasteiger partial charge < -0.3 is 19.3 Å². The second kappa shape index (κ2) is 8.45. The first-order valence-electron chi connectivity index (χ1n) is 10.4. The van der Waals surface area contributed by atoms with E-state index in [0.717, 1.165) is 44.0 Å². The van der Waals surface area contributed by atoms with Gasteiger partial charge in [0.15, 0.2) is 0 Å². The van der Waals surface area contributed by atoms with Crippen LogP contribution < -0.4 is 20.1 Å². The van der Waals surface area contributed by atoms with E-state index in [4.69, 9.17) is 14.5 Å². The van der Waals surface area contributed by atoms with Crippen molar-refractivity contribution in [1.29, 1.82) is 0 Å². The minimum Gasteiger partial charge on any atom is -0.496 e. The predicted molar refractivity (Wildman–Crippen MR) is 114 cm³/mol. The fourth-order valence-electron chi connectivity index (χ4n) is 4.44. The summed E-state index contributed by atoms with van der Waals surface area (Å²) in [5, 5.41) is 0. The summed E-state index contributed by atoms with van der Waals surface area (Å²) in [5.74, 6) is 2.80. The molecular formula is C22H30N4O3. The summed E-state index contributed by atoms with van der Waals surface area (Å²) in [5.41, 5.74) is 1.07. The third-order valence-electron chi connectivity index (χ3n) is 6.06. The monoisotopic (exact) mass is 398 g/mol. The molecule has 0 radical (unpaired) electrons. The fraction of sp³-hybridized carbons (Fsp3) is 0.545. The van der Waals surface area contributed by atoms with Crippen molar-refractivity contribution >= 4 is 11.8 Å². The van der Waals surface area contributed by atoms with Crippen LogP contribution >= 0.6 is 0 Å². The van der Waals surface area contributed by atoms with Crippen LogP contribution in [-0.4, -0.2) is 55.5 Å². The van der Waals surface area contributed by atoms with Gasteiger partial charge in [-0.15, -0.1) is 0 Å². The summed E-state index contributed by atoms with van der Waals surface area (Å²) >= 11 is 0. The minimum absolute atomic E-state index is 0.111. The van der Waals surface area contributed by atoms with E-state index >= 15 is 0 Å². The van der Waals surface area contributed by atoms with Crippen LogP contribution in [0.3, 0.4) is 0 Å². The first kappa shape index (κ1) is 19.8. The first-order chi connectivity index (χ1) is 14.0. The van der Waals surface area contributed by atoms with Crippen LogP contribution in [0.25, 0.3) is 0 Å². The van der Waals surface area contributed by atoms with Gasteiger partial charge in [0, 0.05) is 31.7 Å². The zero-order valence-electron chi connectivity index (χ0n) is 17.4. The van der Waals surface area contributed by atoms with E-state index in [0.29, 0.717) is 18.5 Å². The number of para-hydroxylation sites is 1.